The van der Waals surface area contributed by atoms with E-state index in [4.69, 9.17) is 0 Å². The van der Waals surface area contributed by atoms with Gasteiger partial charge in [0.15, 0.2) is 0 Å². The molecule has 0 radical (unpaired) electrons. The molecular formula is C20H24-2. The van der Waals surface area contributed by atoms with Gasteiger partial charge in [-0.25, -0.2) is 11.1 Å². The summed E-state index contributed by atoms with van der Waals surface area (Å²) in [7, 11) is 0. The maximum Gasteiger partial charge on any atom is -0.0472 e. The third-order valence-corrected chi connectivity index (χ3v) is 3.65. The van der Waals surface area contributed by atoms with Gasteiger partial charge >= 0.3 is 0 Å². The van der Waals surface area contributed by atoms with Gasteiger partial charge in [0.05, 0.1) is 0 Å². The van der Waals surface area contributed by atoms with Gasteiger partial charge in [-0.15, -0.1) is 11.1 Å². The summed E-state index contributed by atoms with van der Waals surface area (Å²) in [5.74, 6) is 0. The summed E-state index contributed by atoms with van der Waals surface area (Å²) in [5, 5.41) is 0. The smallest absolute Gasteiger partial charge is 0.0472 e. The Morgan fingerprint density at radius 1 is 0.600 bits per heavy atom. The Morgan fingerprint density at radius 2 is 0.950 bits per heavy atom. The van der Waals surface area contributed by atoms with Crippen molar-refractivity contribution >= 4 is 0 Å². The van der Waals surface area contributed by atoms with Crippen LogP contribution >= 0.6 is 0 Å². The van der Waals surface area contributed by atoms with Crippen molar-refractivity contribution in [3.05, 3.63) is 59.7 Å². The van der Waals surface area contributed by atoms with E-state index in [2.05, 4.69) is 90.1 Å². The second-order valence-corrected chi connectivity index (χ2v) is 7.48. The highest BCUT2D eigenvalue weighted by molar-refractivity contribution is 5.63. The minimum atomic E-state index is 0.175. The van der Waals surface area contributed by atoms with Crippen LogP contribution in [-0.4, -0.2) is 0 Å². The highest BCUT2D eigenvalue weighted by Gasteiger charge is 2.08. The van der Waals surface area contributed by atoms with Crippen molar-refractivity contribution < 1.29 is 0 Å². The Labute approximate surface area is 123 Å². The lowest BCUT2D eigenvalue weighted by Crippen LogP contribution is -2.11. The fourth-order valence-corrected chi connectivity index (χ4v) is 2.12. The van der Waals surface area contributed by atoms with Crippen LogP contribution in [0.4, 0.5) is 0 Å². The van der Waals surface area contributed by atoms with Gasteiger partial charge < -0.3 is 0 Å². The minimum Gasteiger partial charge on any atom is -0.226 e. The Bertz CT molecular complexity index is 502. The van der Waals surface area contributed by atoms with Gasteiger partial charge in [-0.05, 0) is 10.8 Å². The van der Waals surface area contributed by atoms with Gasteiger partial charge in [0, 0.05) is 0 Å². The molecule has 0 amide bonds. The van der Waals surface area contributed by atoms with Crippen LogP contribution in [0, 0.1) is 12.1 Å². The molecule has 0 heteroatoms. The first kappa shape index (κ1) is 14.8. The van der Waals surface area contributed by atoms with E-state index >= 15 is 0 Å². The lowest BCUT2D eigenvalue weighted by Gasteiger charge is -2.28. The van der Waals surface area contributed by atoms with Crippen LogP contribution in [0.15, 0.2) is 36.4 Å². The zero-order chi connectivity index (χ0) is 15.0. The quantitative estimate of drug-likeness (QED) is 0.592. The number of hydrogen-bond donors (Lipinski definition) is 0. The highest BCUT2D eigenvalue weighted by atomic mass is 14.2. The van der Waals surface area contributed by atoms with Gasteiger partial charge in [-0.1, -0.05) is 41.5 Å². The molecule has 2 rings (SSSR count). The van der Waals surface area contributed by atoms with Crippen molar-refractivity contribution in [2.24, 2.45) is 0 Å². The first-order valence-corrected chi connectivity index (χ1v) is 7.23. The summed E-state index contributed by atoms with van der Waals surface area (Å²) in [5.41, 5.74) is 5.20. The summed E-state index contributed by atoms with van der Waals surface area (Å²) < 4.78 is 0. The molecule has 0 saturated carbocycles. The molecule has 0 aliphatic heterocycles. The predicted molar refractivity (Wildman–Crippen MR) is 87.0 cm³/mol. The van der Waals surface area contributed by atoms with Crippen LogP contribution in [0.2, 0.25) is 0 Å². The van der Waals surface area contributed by atoms with Gasteiger partial charge in [0.25, 0.3) is 0 Å². The molecule has 0 saturated heterocycles. The van der Waals surface area contributed by atoms with E-state index in [1.165, 1.54) is 11.1 Å². The number of benzene rings is 2. The van der Waals surface area contributed by atoms with Crippen LogP contribution in [0.25, 0.3) is 11.1 Å². The van der Waals surface area contributed by atoms with Crippen molar-refractivity contribution in [2.45, 2.75) is 52.4 Å². The Kier molecular flexibility index (Phi) is 3.77. The molecule has 2 aromatic carbocycles. The van der Waals surface area contributed by atoms with Crippen molar-refractivity contribution in [3.8, 4) is 11.1 Å². The highest BCUT2D eigenvalue weighted by Crippen LogP contribution is 2.27. The molecule has 0 atom stereocenters. The van der Waals surface area contributed by atoms with Gasteiger partial charge in [-0.3, -0.25) is 0 Å². The van der Waals surface area contributed by atoms with Crippen LogP contribution in [-0.2, 0) is 10.8 Å². The average molecular weight is 264 g/mol. The standard InChI is InChI=1S/C20H24/c1-19(2,3)17-11-7-15(8-12-17)16-9-13-18(14-10-16)20(4,5)6/h7,9,11-14H,1-6H3/q-2. The monoisotopic (exact) mass is 264 g/mol. The van der Waals surface area contributed by atoms with E-state index in [1.807, 2.05) is 0 Å². The molecule has 0 unspecified atom stereocenters. The van der Waals surface area contributed by atoms with Crippen molar-refractivity contribution in [1.29, 1.82) is 0 Å². The van der Waals surface area contributed by atoms with Crippen LogP contribution < -0.4 is 0 Å². The summed E-state index contributed by atoms with van der Waals surface area (Å²) in [6.07, 6.45) is 0. The number of hydrogen-bond acceptors (Lipinski definition) is 0. The first-order chi connectivity index (χ1) is 9.18. The third-order valence-electron chi connectivity index (χ3n) is 3.65. The Hall–Kier alpha value is -1.56. The third kappa shape index (κ3) is 3.30. The molecule has 0 aliphatic carbocycles. The number of rotatable bonds is 1. The molecule has 106 valence electrons. The van der Waals surface area contributed by atoms with E-state index in [1.54, 1.807) is 0 Å². The molecule has 2 aromatic rings. The fourth-order valence-electron chi connectivity index (χ4n) is 2.12. The molecule has 0 bridgehead atoms. The molecule has 0 fully saturated rings. The Balaban J connectivity index is 2.29. The topological polar surface area (TPSA) is 0 Å². The van der Waals surface area contributed by atoms with Crippen LogP contribution in [0.5, 0.6) is 0 Å². The molecule has 0 heterocycles. The largest absolute Gasteiger partial charge is 0.226 e. The zero-order valence-corrected chi connectivity index (χ0v) is 13.5. The maximum atomic E-state index is 3.39. The summed E-state index contributed by atoms with van der Waals surface area (Å²) in [4.78, 5) is 0. The maximum absolute atomic E-state index is 3.39. The van der Waals surface area contributed by atoms with Gasteiger partial charge in [-0.2, -0.15) is 48.5 Å². The zero-order valence-electron chi connectivity index (χ0n) is 13.5. The second-order valence-electron chi connectivity index (χ2n) is 7.48. The van der Waals surface area contributed by atoms with Crippen LogP contribution in [0.3, 0.4) is 0 Å². The van der Waals surface area contributed by atoms with Crippen molar-refractivity contribution in [2.75, 3.05) is 0 Å². The molecule has 0 aromatic heterocycles. The van der Waals surface area contributed by atoms with Crippen molar-refractivity contribution in [1.82, 2.24) is 0 Å². The predicted octanol–water partition coefficient (Wildman–Crippen LogP) is 5.55. The lowest BCUT2D eigenvalue weighted by molar-refractivity contribution is 0.589. The van der Waals surface area contributed by atoms with Crippen LogP contribution in [0.1, 0.15) is 52.7 Å². The summed E-state index contributed by atoms with van der Waals surface area (Å²) in [6.45, 7) is 13.3. The minimum absolute atomic E-state index is 0.175. The second kappa shape index (κ2) is 5.09. The van der Waals surface area contributed by atoms with E-state index < -0.39 is 0 Å². The van der Waals surface area contributed by atoms with E-state index in [9.17, 15) is 0 Å². The fraction of sp³-hybridized carbons (Fsp3) is 0.400. The van der Waals surface area contributed by atoms with Gasteiger partial charge in [0.2, 0.25) is 0 Å². The average Bonchev–Trinajstić information content (AvgIpc) is 2.37. The molecule has 0 nitrogen and oxygen atoms in total. The van der Waals surface area contributed by atoms with Crippen molar-refractivity contribution in [3.63, 3.8) is 0 Å². The lowest BCUT2D eigenvalue weighted by atomic mass is 9.85. The molecule has 0 aliphatic rings. The van der Waals surface area contributed by atoms with E-state index in [0.29, 0.717) is 0 Å². The SMILES string of the molecule is CC(C)(C)c1c[c-]c(-c2[c-]cc(C(C)(C)C)cc2)cc1. The van der Waals surface area contributed by atoms with E-state index in [0.717, 1.165) is 11.1 Å². The molecule has 0 N–H and O–H groups in total. The first-order valence-electron chi connectivity index (χ1n) is 7.23. The Morgan fingerprint density at radius 3 is 1.15 bits per heavy atom. The summed E-state index contributed by atoms with van der Waals surface area (Å²) in [6, 6.07) is 19.6. The molecular weight excluding hydrogens is 240 g/mol. The van der Waals surface area contributed by atoms with Gasteiger partial charge in [0.1, 0.15) is 0 Å². The normalized spacial score (nSPS) is 12.5. The van der Waals surface area contributed by atoms with E-state index in [-0.39, 0.29) is 10.8 Å². The molecule has 0 spiro atoms. The summed E-state index contributed by atoms with van der Waals surface area (Å²) >= 11 is 0. The molecule has 20 heavy (non-hydrogen) atoms.